The molecule has 1 heterocycles. The van der Waals surface area contributed by atoms with Crippen molar-refractivity contribution >= 4 is 54.8 Å². The van der Waals surface area contributed by atoms with Crippen LogP contribution in [0.1, 0.15) is 29.5 Å². The molecule has 36 heavy (non-hydrogen) atoms. The minimum Gasteiger partial charge on any atom is -0.490 e. The first-order valence-electron chi connectivity index (χ1n) is 11.5. The highest BCUT2D eigenvalue weighted by Gasteiger charge is 2.14. The van der Waals surface area contributed by atoms with E-state index < -0.39 is 0 Å². The lowest BCUT2D eigenvalue weighted by Gasteiger charge is -2.26. The molecular weight excluding hydrogens is 515 g/mol. The number of nitrogens with two attached hydrogens (primary N) is 1. The summed E-state index contributed by atoms with van der Waals surface area (Å²) in [4.78, 5) is 2.34. The highest BCUT2D eigenvalue weighted by Crippen LogP contribution is 2.23. The minimum atomic E-state index is 0. The van der Waals surface area contributed by atoms with Gasteiger partial charge >= 0.3 is 0 Å². The van der Waals surface area contributed by atoms with E-state index in [2.05, 4.69) is 70.9 Å². The highest BCUT2D eigenvalue weighted by atomic mass is 35.5. The van der Waals surface area contributed by atoms with Gasteiger partial charge in [0.1, 0.15) is 17.7 Å². The van der Waals surface area contributed by atoms with Crippen molar-refractivity contribution in [2.24, 2.45) is 5.73 Å². The number of anilines is 1. The Morgan fingerprint density at radius 1 is 0.944 bits per heavy atom. The number of nitrogens with one attached hydrogen (secondary N) is 2. The lowest BCUT2D eigenvalue weighted by molar-refractivity contribution is 0.162. The Morgan fingerprint density at radius 2 is 1.64 bits per heavy atom. The fourth-order valence-electron chi connectivity index (χ4n) is 4.03. The molecule has 194 valence electrons. The number of piperidine rings is 1. The van der Waals surface area contributed by atoms with Gasteiger partial charge in [0.2, 0.25) is 0 Å². The number of nitrogen functional groups attached to an aromatic ring is 1. The first-order chi connectivity index (χ1) is 16.2. The van der Waals surface area contributed by atoms with Crippen molar-refractivity contribution in [3.63, 3.8) is 0 Å². The maximum Gasteiger partial charge on any atom is 0.122 e. The van der Waals surface area contributed by atoms with Gasteiger partial charge in [-0.15, -0.1) is 37.2 Å². The largest absolute Gasteiger partial charge is 0.490 e. The third kappa shape index (κ3) is 9.40. The summed E-state index contributed by atoms with van der Waals surface area (Å²) in [6.45, 7) is 3.62. The van der Waals surface area contributed by atoms with Crippen molar-refractivity contribution in [3.05, 3.63) is 102 Å². The minimum absolute atomic E-state index is 0. The van der Waals surface area contributed by atoms with Gasteiger partial charge in [0, 0.05) is 24.3 Å². The maximum absolute atomic E-state index is 7.65. The van der Waals surface area contributed by atoms with E-state index >= 15 is 0 Å². The predicted molar refractivity (Wildman–Crippen MR) is 159 cm³/mol. The number of hydrogen-bond donors (Lipinski definition) is 3. The van der Waals surface area contributed by atoms with Crippen molar-refractivity contribution in [3.8, 4) is 5.75 Å². The second kappa shape index (κ2) is 16.1. The molecule has 8 heteroatoms. The second-order valence-corrected chi connectivity index (χ2v) is 8.37. The summed E-state index contributed by atoms with van der Waals surface area (Å²) < 4.78 is 6.18. The Labute approximate surface area is 232 Å². The molecule has 1 aliphatic heterocycles. The van der Waals surface area contributed by atoms with Crippen molar-refractivity contribution in [2.75, 3.05) is 24.5 Å². The normalized spacial score (nSPS) is 13.1. The van der Waals surface area contributed by atoms with Gasteiger partial charge in [-0.1, -0.05) is 60.7 Å². The molecule has 0 spiro atoms. The van der Waals surface area contributed by atoms with Gasteiger partial charge in [-0.3, -0.25) is 5.41 Å². The summed E-state index contributed by atoms with van der Waals surface area (Å²) in [5.74, 6) is 1.02. The zero-order valence-electron chi connectivity index (χ0n) is 20.1. The lowest BCUT2D eigenvalue weighted by Crippen LogP contribution is -2.34. The standard InChI is InChI=1S/C28H32N4O.3ClH/c29-28(30)24-10-4-8-22(20-24)9-5-19-32(21-23-6-2-1-3-7-23)25-11-13-26(14-12-25)33-27-15-17-31-18-16-27;;;/h1-14,20,27,31H,15-19,21H2,(H3,29,30);3*1H/b9-5+;;;. The van der Waals surface area contributed by atoms with E-state index in [0.29, 0.717) is 6.10 Å². The molecule has 1 fully saturated rings. The SMILES string of the molecule is Cl.Cl.Cl.N=C(N)c1cccc(/C=C/CN(Cc2ccccc2)c2ccc(OC3CCNCC3)cc2)c1. The number of amidine groups is 1. The van der Waals surface area contributed by atoms with Crippen LogP contribution in [0.25, 0.3) is 6.08 Å². The van der Waals surface area contributed by atoms with Crippen molar-refractivity contribution < 1.29 is 4.74 Å². The molecule has 4 N–H and O–H groups in total. The van der Waals surface area contributed by atoms with Gasteiger partial charge in [0.05, 0.1) is 0 Å². The van der Waals surface area contributed by atoms with E-state index in [1.807, 2.05) is 30.3 Å². The van der Waals surface area contributed by atoms with Crippen LogP contribution in [-0.4, -0.2) is 31.6 Å². The molecule has 0 amide bonds. The van der Waals surface area contributed by atoms with Crippen LogP contribution in [-0.2, 0) is 6.54 Å². The van der Waals surface area contributed by atoms with Crippen LogP contribution in [0.4, 0.5) is 5.69 Å². The van der Waals surface area contributed by atoms with Gasteiger partial charge in [-0.2, -0.15) is 0 Å². The fraction of sp³-hybridized carbons (Fsp3) is 0.250. The third-order valence-electron chi connectivity index (χ3n) is 5.84. The van der Waals surface area contributed by atoms with E-state index in [4.69, 9.17) is 15.9 Å². The zero-order chi connectivity index (χ0) is 22.9. The monoisotopic (exact) mass is 548 g/mol. The van der Waals surface area contributed by atoms with Crippen LogP contribution in [0.15, 0.2) is 84.9 Å². The first kappa shape index (κ1) is 31.3. The van der Waals surface area contributed by atoms with E-state index in [9.17, 15) is 0 Å². The average Bonchev–Trinajstić information content (AvgIpc) is 2.85. The number of hydrogen-bond acceptors (Lipinski definition) is 4. The lowest BCUT2D eigenvalue weighted by atomic mass is 10.1. The molecule has 0 radical (unpaired) electrons. The molecule has 3 aromatic carbocycles. The van der Waals surface area contributed by atoms with E-state index in [-0.39, 0.29) is 43.1 Å². The van der Waals surface area contributed by atoms with Gasteiger partial charge in [-0.05, 0) is 67.4 Å². The van der Waals surface area contributed by atoms with Gasteiger partial charge < -0.3 is 20.7 Å². The molecule has 0 aromatic heterocycles. The summed E-state index contributed by atoms with van der Waals surface area (Å²) in [7, 11) is 0. The summed E-state index contributed by atoms with van der Waals surface area (Å²) in [5.41, 5.74) is 9.82. The van der Waals surface area contributed by atoms with Gasteiger partial charge in [0.25, 0.3) is 0 Å². The topological polar surface area (TPSA) is 74.4 Å². The summed E-state index contributed by atoms with van der Waals surface area (Å²) in [6, 6.07) is 26.7. The Balaban J connectivity index is 0.00000216. The smallest absolute Gasteiger partial charge is 0.122 e. The molecule has 1 saturated heterocycles. The zero-order valence-corrected chi connectivity index (χ0v) is 22.6. The highest BCUT2D eigenvalue weighted by molar-refractivity contribution is 5.95. The molecule has 5 nitrogen and oxygen atoms in total. The Hall–Kier alpha value is -2.70. The summed E-state index contributed by atoms with van der Waals surface area (Å²) in [6.07, 6.45) is 6.64. The van der Waals surface area contributed by atoms with Crippen molar-refractivity contribution in [2.45, 2.75) is 25.5 Å². The summed E-state index contributed by atoms with van der Waals surface area (Å²) in [5, 5.41) is 11.0. The van der Waals surface area contributed by atoms with E-state index in [1.54, 1.807) is 0 Å². The molecule has 3 aromatic rings. The van der Waals surface area contributed by atoms with Gasteiger partial charge in [-0.25, -0.2) is 0 Å². The number of rotatable bonds is 9. The molecule has 0 saturated carbocycles. The van der Waals surface area contributed by atoms with Gasteiger partial charge in [0.15, 0.2) is 0 Å². The molecule has 0 atom stereocenters. The number of benzene rings is 3. The number of ether oxygens (including phenoxy) is 1. The Morgan fingerprint density at radius 3 is 2.31 bits per heavy atom. The molecule has 4 rings (SSSR count). The van der Waals surface area contributed by atoms with Crippen molar-refractivity contribution in [1.82, 2.24) is 5.32 Å². The maximum atomic E-state index is 7.65. The fourth-order valence-corrected chi connectivity index (χ4v) is 4.03. The predicted octanol–water partition coefficient (Wildman–Crippen LogP) is 6.09. The van der Waals surface area contributed by atoms with Crippen LogP contribution in [0, 0.1) is 5.41 Å². The molecule has 0 unspecified atom stereocenters. The van der Waals surface area contributed by atoms with Crippen LogP contribution >= 0.6 is 37.2 Å². The van der Waals surface area contributed by atoms with E-state index in [1.165, 1.54) is 5.56 Å². The quantitative estimate of drug-likeness (QED) is 0.223. The molecular formula is C28H35Cl3N4O. The average molecular weight is 550 g/mol. The molecule has 1 aliphatic rings. The van der Waals surface area contributed by atoms with E-state index in [0.717, 1.165) is 61.6 Å². The number of nitrogens with zero attached hydrogens (tertiary/aromatic N) is 1. The van der Waals surface area contributed by atoms with Crippen LogP contribution in [0.2, 0.25) is 0 Å². The van der Waals surface area contributed by atoms with Crippen LogP contribution in [0.3, 0.4) is 0 Å². The Bertz CT molecular complexity index is 1070. The molecule has 0 aliphatic carbocycles. The second-order valence-electron chi connectivity index (χ2n) is 8.37. The third-order valence-corrected chi connectivity index (χ3v) is 5.84. The summed E-state index contributed by atoms with van der Waals surface area (Å²) >= 11 is 0. The number of halogens is 3. The van der Waals surface area contributed by atoms with Crippen LogP contribution in [0.5, 0.6) is 5.75 Å². The first-order valence-corrected chi connectivity index (χ1v) is 11.5. The Kier molecular flexibility index (Phi) is 14.0. The molecule has 0 bridgehead atoms. The van der Waals surface area contributed by atoms with Crippen LogP contribution < -0.4 is 20.7 Å². The van der Waals surface area contributed by atoms with Crippen molar-refractivity contribution in [1.29, 1.82) is 5.41 Å².